The summed E-state index contributed by atoms with van der Waals surface area (Å²) < 4.78 is 11.8. The van der Waals surface area contributed by atoms with E-state index in [0.29, 0.717) is 0 Å². The van der Waals surface area contributed by atoms with Crippen molar-refractivity contribution in [1.29, 1.82) is 0 Å². The van der Waals surface area contributed by atoms with Crippen LogP contribution >= 0.6 is 15.9 Å². The molecule has 0 atom stereocenters. The van der Waals surface area contributed by atoms with Crippen molar-refractivity contribution in [1.82, 2.24) is 5.32 Å². The van der Waals surface area contributed by atoms with Crippen LogP contribution < -0.4 is 14.8 Å². The SMILES string of the molecule is CCNCCC(C)(C)c1ccc(OC)c(Br)c1OC. The molecular formula is C15H24BrNO2. The minimum Gasteiger partial charge on any atom is -0.495 e. The van der Waals surface area contributed by atoms with Gasteiger partial charge in [0.05, 0.1) is 14.2 Å². The van der Waals surface area contributed by atoms with Gasteiger partial charge >= 0.3 is 0 Å². The number of ether oxygens (including phenoxy) is 2. The van der Waals surface area contributed by atoms with Crippen LogP contribution in [0, 0.1) is 0 Å². The molecule has 1 aromatic rings. The minimum atomic E-state index is 0.0440. The molecule has 0 aliphatic heterocycles. The average molecular weight is 330 g/mol. The van der Waals surface area contributed by atoms with E-state index < -0.39 is 0 Å². The summed E-state index contributed by atoms with van der Waals surface area (Å²) in [6.45, 7) is 8.59. The van der Waals surface area contributed by atoms with Crippen LogP contribution in [0.5, 0.6) is 11.5 Å². The van der Waals surface area contributed by atoms with Gasteiger partial charge in [0.25, 0.3) is 0 Å². The van der Waals surface area contributed by atoms with Crippen LogP contribution in [0.3, 0.4) is 0 Å². The monoisotopic (exact) mass is 329 g/mol. The molecule has 4 heteroatoms. The Bertz CT molecular complexity index is 419. The van der Waals surface area contributed by atoms with Gasteiger partial charge in [-0.1, -0.05) is 26.8 Å². The van der Waals surface area contributed by atoms with Crippen LogP contribution in [0.2, 0.25) is 0 Å². The Morgan fingerprint density at radius 1 is 1.21 bits per heavy atom. The molecule has 1 rings (SSSR count). The Balaban J connectivity index is 3.08. The Kier molecular flexibility index (Phi) is 6.14. The van der Waals surface area contributed by atoms with E-state index >= 15 is 0 Å². The topological polar surface area (TPSA) is 30.5 Å². The van der Waals surface area contributed by atoms with E-state index in [4.69, 9.17) is 9.47 Å². The lowest BCUT2D eigenvalue weighted by Gasteiger charge is -2.28. The van der Waals surface area contributed by atoms with Gasteiger partial charge in [0.2, 0.25) is 0 Å². The quantitative estimate of drug-likeness (QED) is 0.773. The molecule has 0 heterocycles. The summed E-state index contributed by atoms with van der Waals surface area (Å²) in [5.74, 6) is 1.66. The molecule has 0 unspecified atom stereocenters. The highest BCUT2D eigenvalue weighted by atomic mass is 79.9. The van der Waals surface area contributed by atoms with E-state index in [0.717, 1.165) is 35.5 Å². The molecule has 0 saturated carbocycles. The molecule has 0 aromatic heterocycles. The predicted molar refractivity (Wildman–Crippen MR) is 83.4 cm³/mol. The number of methoxy groups -OCH3 is 2. The number of benzene rings is 1. The van der Waals surface area contributed by atoms with Gasteiger partial charge in [-0.2, -0.15) is 0 Å². The lowest BCUT2D eigenvalue weighted by molar-refractivity contribution is 0.368. The fourth-order valence-corrected chi connectivity index (χ4v) is 2.81. The second-order valence-corrected chi connectivity index (χ2v) is 5.94. The zero-order valence-electron chi connectivity index (χ0n) is 12.5. The second-order valence-electron chi connectivity index (χ2n) is 5.15. The highest BCUT2D eigenvalue weighted by molar-refractivity contribution is 9.10. The molecule has 108 valence electrons. The summed E-state index contributed by atoms with van der Waals surface area (Å²) in [4.78, 5) is 0. The van der Waals surface area contributed by atoms with Crippen LogP contribution in [0.15, 0.2) is 16.6 Å². The highest BCUT2D eigenvalue weighted by Gasteiger charge is 2.26. The molecule has 1 N–H and O–H groups in total. The first-order chi connectivity index (χ1) is 8.97. The van der Waals surface area contributed by atoms with Crippen LogP contribution in [0.25, 0.3) is 0 Å². The molecule has 0 bridgehead atoms. The third-order valence-corrected chi connectivity index (χ3v) is 4.14. The molecule has 3 nitrogen and oxygen atoms in total. The Morgan fingerprint density at radius 3 is 2.42 bits per heavy atom. The summed E-state index contributed by atoms with van der Waals surface area (Å²) in [5.41, 5.74) is 1.24. The molecule has 0 amide bonds. The molecule has 0 fully saturated rings. The van der Waals surface area contributed by atoms with Crippen molar-refractivity contribution < 1.29 is 9.47 Å². The van der Waals surface area contributed by atoms with Crippen molar-refractivity contribution in [3.63, 3.8) is 0 Å². The van der Waals surface area contributed by atoms with Gasteiger partial charge in [-0.05, 0) is 46.9 Å². The first kappa shape index (κ1) is 16.3. The first-order valence-corrected chi connectivity index (χ1v) is 7.39. The van der Waals surface area contributed by atoms with Crippen LogP contribution in [-0.2, 0) is 5.41 Å². The molecule has 0 aliphatic carbocycles. The van der Waals surface area contributed by atoms with E-state index in [1.54, 1.807) is 14.2 Å². The fourth-order valence-electron chi connectivity index (χ4n) is 2.14. The lowest BCUT2D eigenvalue weighted by atomic mass is 9.81. The number of nitrogens with one attached hydrogen (secondary N) is 1. The predicted octanol–water partition coefficient (Wildman–Crippen LogP) is 3.74. The lowest BCUT2D eigenvalue weighted by Crippen LogP contribution is -2.26. The first-order valence-electron chi connectivity index (χ1n) is 6.59. The van der Waals surface area contributed by atoms with Crippen molar-refractivity contribution in [3.8, 4) is 11.5 Å². The standard InChI is InChI=1S/C15H24BrNO2/c1-6-17-10-9-15(2,3)11-7-8-12(18-4)13(16)14(11)19-5/h7-8,17H,6,9-10H2,1-5H3. The van der Waals surface area contributed by atoms with Gasteiger partial charge in [0.1, 0.15) is 16.0 Å². The minimum absolute atomic E-state index is 0.0440. The van der Waals surface area contributed by atoms with Gasteiger partial charge in [0, 0.05) is 5.56 Å². The van der Waals surface area contributed by atoms with Gasteiger partial charge in [-0.15, -0.1) is 0 Å². The second kappa shape index (κ2) is 7.15. The van der Waals surface area contributed by atoms with Gasteiger partial charge in [0.15, 0.2) is 0 Å². The average Bonchev–Trinajstić information content (AvgIpc) is 2.38. The smallest absolute Gasteiger partial charge is 0.140 e. The van der Waals surface area contributed by atoms with Crippen molar-refractivity contribution in [2.45, 2.75) is 32.6 Å². The molecule has 0 spiro atoms. The summed E-state index contributed by atoms with van der Waals surface area (Å²) in [6, 6.07) is 4.07. The Labute approximate surface area is 124 Å². The van der Waals surface area contributed by atoms with E-state index in [1.165, 1.54) is 5.56 Å². The number of rotatable bonds is 7. The maximum Gasteiger partial charge on any atom is 0.140 e. The Morgan fingerprint density at radius 2 is 1.89 bits per heavy atom. The van der Waals surface area contributed by atoms with Crippen LogP contribution in [0.4, 0.5) is 0 Å². The maximum atomic E-state index is 5.56. The summed E-state index contributed by atoms with van der Waals surface area (Å²) >= 11 is 3.56. The molecule has 1 aromatic carbocycles. The number of hydrogen-bond acceptors (Lipinski definition) is 3. The van der Waals surface area contributed by atoms with E-state index in [2.05, 4.69) is 48.1 Å². The van der Waals surface area contributed by atoms with Crippen LogP contribution in [-0.4, -0.2) is 27.3 Å². The van der Waals surface area contributed by atoms with E-state index in [1.807, 2.05) is 6.07 Å². The molecule has 19 heavy (non-hydrogen) atoms. The molecular weight excluding hydrogens is 306 g/mol. The maximum absolute atomic E-state index is 5.56. The molecule has 0 radical (unpaired) electrons. The van der Waals surface area contributed by atoms with Crippen molar-refractivity contribution in [2.24, 2.45) is 0 Å². The third-order valence-electron chi connectivity index (χ3n) is 3.39. The van der Waals surface area contributed by atoms with E-state index in [-0.39, 0.29) is 5.41 Å². The normalized spacial score (nSPS) is 11.5. The van der Waals surface area contributed by atoms with E-state index in [9.17, 15) is 0 Å². The Hall–Kier alpha value is -0.740. The summed E-state index contributed by atoms with van der Waals surface area (Å²) in [6.07, 6.45) is 1.05. The largest absolute Gasteiger partial charge is 0.495 e. The molecule has 0 aliphatic rings. The van der Waals surface area contributed by atoms with Gasteiger partial charge in [-0.3, -0.25) is 0 Å². The van der Waals surface area contributed by atoms with Crippen molar-refractivity contribution in [3.05, 3.63) is 22.2 Å². The zero-order valence-corrected chi connectivity index (χ0v) is 14.1. The third kappa shape index (κ3) is 3.86. The fraction of sp³-hybridized carbons (Fsp3) is 0.600. The number of hydrogen-bond donors (Lipinski definition) is 1. The summed E-state index contributed by atoms with van der Waals surface area (Å²) in [7, 11) is 3.36. The van der Waals surface area contributed by atoms with Gasteiger partial charge < -0.3 is 14.8 Å². The summed E-state index contributed by atoms with van der Waals surface area (Å²) in [5, 5.41) is 3.37. The number of halogens is 1. The van der Waals surface area contributed by atoms with Crippen LogP contribution in [0.1, 0.15) is 32.8 Å². The molecule has 0 saturated heterocycles. The van der Waals surface area contributed by atoms with Gasteiger partial charge in [-0.25, -0.2) is 0 Å². The van der Waals surface area contributed by atoms with Crippen molar-refractivity contribution in [2.75, 3.05) is 27.3 Å². The highest BCUT2D eigenvalue weighted by Crippen LogP contribution is 2.43. The van der Waals surface area contributed by atoms with Crippen molar-refractivity contribution >= 4 is 15.9 Å². The zero-order chi connectivity index (χ0) is 14.5.